The predicted molar refractivity (Wildman–Crippen MR) is 86.4 cm³/mol. The van der Waals surface area contributed by atoms with Crippen molar-refractivity contribution < 1.29 is 0 Å². The molecular weight excluding hydrogens is 280 g/mol. The first-order valence-corrected chi connectivity index (χ1v) is 8.41. The number of pyridine rings is 2. The molecular formula is C16H16N4S. The molecule has 5 heteroatoms. The van der Waals surface area contributed by atoms with E-state index in [-0.39, 0.29) is 0 Å². The van der Waals surface area contributed by atoms with Crippen molar-refractivity contribution in [1.82, 2.24) is 19.5 Å². The molecule has 4 nitrogen and oxygen atoms in total. The Balaban J connectivity index is 1.92. The molecule has 1 saturated heterocycles. The normalized spacial score (nSPS) is 16.4. The second-order valence-electron chi connectivity index (χ2n) is 5.21. The van der Waals surface area contributed by atoms with Crippen LogP contribution < -0.4 is 0 Å². The van der Waals surface area contributed by atoms with Gasteiger partial charge in [-0.25, -0.2) is 9.97 Å². The molecule has 21 heavy (non-hydrogen) atoms. The van der Waals surface area contributed by atoms with Crippen molar-refractivity contribution in [3.8, 4) is 11.5 Å². The van der Waals surface area contributed by atoms with Crippen LogP contribution in [0.15, 0.2) is 42.7 Å². The fraction of sp³-hybridized carbons (Fsp3) is 0.312. The molecule has 0 aromatic carbocycles. The third kappa shape index (κ3) is 2.31. The lowest BCUT2D eigenvalue weighted by Crippen LogP contribution is -2.16. The van der Waals surface area contributed by atoms with Gasteiger partial charge in [0.1, 0.15) is 11.2 Å². The number of fused-ring (bicyclic) bond motifs is 1. The first-order valence-electron chi connectivity index (χ1n) is 7.25. The Bertz CT molecular complexity index is 747. The molecule has 4 heterocycles. The number of rotatable bonds is 2. The fourth-order valence-corrected chi connectivity index (χ4v) is 3.98. The molecule has 0 atom stereocenters. The summed E-state index contributed by atoms with van der Waals surface area (Å²) in [4.78, 5) is 13.8. The number of nitrogens with zero attached hydrogens (tertiary/aromatic N) is 4. The minimum atomic E-state index is 0.475. The van der Waals surface area contributed by atoms with Crippen molar-refractivity contribution in [1.29, 1.82) is 0 Å². The zero-order chi connectivity index (χ0) is 14.1. The number of hydrogen-bond acceptors (Lipinski definition) is 4. The summed E-state index contributed by atoms with van der Waals surface area (Å²) in [5, 5.41) is 0. The minimum absolute atomic E-state index is 0.475. The smallest absolute Gasteiger partial charge is 0.161 e. The third-order valence-corrected chi connectivity index (χ3v) is 4.95. The number of imidazole rings is 1. The molecule has 0 saturated carbocycles. The molecule has 1 fully saturated rings. The van der Waals surface area contributed by atoms with Gasteiger partial charge < -0.3 is 4.57 Å². The number of thioether (sulfide) groups is 1. The monoisotopic (exact) mass is 296 g/mol. The average molecular weight is 296 g/mol. The summed E-state index contributed by atoms with van der Waals surface area (Å²) >= 11 is 2.03. The standard InChI is InChI=1S/C16H16N4S/c1-2-8-17-13(4-1)16-19-14-5-3-9-18-15(14)20(16)12-6-10-21-11-7-12/h1-5,8-9,12H,6-7,10-11H2. The van der Waals surface area contributed by atoms with E-state index >= 15 is 0 Å². The van der Waals surface area contributed by atoms with Crippen LogP contribution in [0.2, 0.25) is 0 Å². The van der Waals surface area contributed by atoms with Gasteiger partial charge >= 0.3 is 0 Å². The SMILES string of the molecule is c1ccc(-c2nc3cccnc3n2C2CCSCC2)nc1. The van der Waals surface area contributed by atoms with Gasteiger partial charge in [-0.1, -0.05) is 6.07 Å². The van der Waals surface area contributed by atoms with Crippen molar-refractivity contribution in [2.45, 2.75) is 18.9 Å². The second-order valence-corrected chi connectivity index (χ2v) is 6.43. The van der Waals surface area contributed by atoms with Gasteiger partial charge in [0, 0.05) is 18.4 Å². The number of aromatic nitrogens is 4. The van der Waals surface area contributed by atoms with Crippen molar-refractivity contribution in [2.24, 2.45) is 0 Å². The van der Waals surface area contributed by atoms with Gasteiger partial charge in [-0.05, 0) is 48.6 Å². The van der Waals surface area contributed by atoms with Gasteiger partial charge in [0.2, 0.25) is 0 Å². The van der Waals surface area contributed by atoms with Crippen LogP contribution in [0, 0.1) is 0 Å². The van der Waals surface area contributed by atoms with E-state index in [1.54, 1.807) is 0 Å². The first kappa shape index (κ1) is 12.8. The molecule has 0 amide bonds. The van der Waals surface area contributed by atoms with Gasteiger partial charge in [-0.3, -0.25) is 4.98 Å². The molecule has 1 aliphatic heterocycles. The largest absolute Gasteiger partial charge is 0.304 e. The van der Waals surface area contributed by atoms with E-state index in [0.717, 1.165) is 22.7 Å². The molecule has 0 radical (unpaired) electrons. The second kappa shape index (κ2) is 5.48. The maximum atomic E-state index is 4.79. The lowest BCUT2D eigenvalue weighted by molar-refractivity contribution is 0.482. The molecule has 0 bridgehead atoms. The van der Waals surface area contributed by atoms with E-state index < -0.39 is 0 Å². The maximum Gasteiger partial charge on any atom is 0.161 e. The highest BCUT2D eigenvalue weighted by Crippen LogP contribution is 2.33. The lowest BCUT2D eigenvalue weighted by atomic mass is 10.1. The molecule has 106 valence electrons. The Morgan fingerprint density at radius 2 is 1.86 bits per heavy atom. The van der Waals surface area contributed by atoms with E-state index in [1.165, 1.54) is 24.3 Å². The maximum absolute atomic E-state index is 4.79. The van der Waals surface area contributed by atoms with E-state index in [0.29, 0.717) is 6.04 Å². The molecule has 3 aromatic heterocycles. The van der Waals surface area contributed by atoms with Crippen molar-refractivity contribution in [3.63, 3.8) is 0 Å². The van der Waals surface area contributed by atoms with Crippen molar-refractivity contribution in [2.75, 3.05) is 11.5 Å². The van der Waals surface area contributed by atoms with Crippen LogP contribution >= 0.6 is 11.8 Å². The van der Waals surface area contributed by atoms with Gasteiger partial charge in [0.25, 0.3) is 0 Å². The molecule has 3 aromatic rings. The Morgan fingerprint density at radius 1 is 1.00 bits per heavy atom. The summed E-state index contributed by atoms with van der Waals surface area (Å²) in [5.74, 6) is 3.36. The van der Waals surface area contributed by atoms with Crippen LogP contribution in [0.4, 0.5) is 0 Å². The highest BCUT2D eigenvalue weighted by molar-refractivity contribution is 7.99. The summed E-state index contributed by atoms with van der Waals surface area (Å²) in [6.07, 6.45) is 6.02. The van der Waals surface area contributed by atoms with Crippen LogP contribution in [0.5, 0.6) is 0 Å². The molecule has 0 unspecified atom stereocenters. The Kier molecular flexibility index (Phi) is 3.35. The molecule has 0 N–H and O–H groups in total. The molecule has 0 aliphatic carbocycles. The zero-order valence-corrected chi connectivity index (χ0v) is 12.5. The van der Waals surface area contributed by atoms with E-state index in [2.05, 4.69) is 14.5 Å². The Morgan fingerprint density at radius 3 is 2.67 bits per heavy atom. The molecule has 1 aliphatic rings. The topological polar surface area (TPSA) is 43.6 Å². The minimum Gasteiger partial charge on any atom is -0.304 e. The van der Waals surface area contributed by atoms with Crippen molar-refractivity contribution in [3.05, 3.63) is 42.7 Å². The van der Waals surface area contributed by atoms with Gasteiger partial charge in [-0.2, -0.15) is 11.8 Å². The van der Waals surface area contributed by atoms with Crippen LogP contribution in [0.25, 0.3) is 22.7 Å². The van der Waals surface area contributed by atoms with Crippen LogP contribution in [-0.4, -0.2) is 31.0 Å². The average Bonchev–Trinajstić information content (AvgIpc) is 2.96. The summed E-state index contributed by atoms with van der Waals surface area (Å²) in [7, 11) is 0. The summed E-state index contributed by atoms with van der Waals surface area (Å²) in [5.41, 5.74) is 2.86. The highest BCUT2D eigenvalue weighted by Gasteiger charge is 2.23. The van der Waals surface area contributed by atoms with Gasteiger partial charge in [0.15, 0.2) is 11.5 Å². The quantitative estimate of drug-likeness (QED) is 0.725. The van der Waals surface area contributed by atoms with Gasteiger partial charge in [0.05, 0.1) is 0 Å². The first-order chi connectivity index (χ1) is 10.4. The Labute approximate surface area is 127 Å². The van der Waals surface area contributed by atoms with E-state index in [4.69, 9.17) is 4.98 Å². The Hall–Kier alpha value is -1.88. The molecule has 0 spiro atoms. The molecule has 4 rings (SSSR count). The number of hydrogen-bond donors (Lipinski definition) is 0. The zero-order valence-electron chi connectivity index (χ0n) is 11.6. The van der Waals surface area contributed by atoms with Crippen molar-refractivity contribution >= 4 is 22.9 Å². The third-order valence-electron chi connectivity index (χ3n) is 3.90. The summed E-state index contributed by atoms with van der Waals surface area (Å²) in [6, 6.07) is 10.4. The van der Waals surface area contributed by atoms with Crippen LogP contribution in [0.1, 0.15) is 18.9 Å². The van der Waals surface area contributed by atoms with E-state index in [9.17, 15) is 0 Å². The van der Waals surface area contributed by atoms with Crippen LogP contribution in [-0.2, 0) is 0 Å². The van der Waals surface area contributed by atoms with Crippen LogP contribution in [0.3, 0.4) is 0 Å². The van der Waals surface area contributed by atoms with E-state index in [1.807, 2.05) is 54.5 Å². The summed E-state index contributed by atoms with van der Waals surface area (Å²) < 4.78 is 2.30. The highest BCUT2D eigenvalue weighted by atomic mass is 32.2. The fourth-order valence-electron chi connectivity index (χ4n) is 2.89. The summed E-state index contributed by atoms with van der Waals surface area (Å²) in [6.45, 7) is 0. The van der Waals surface area contributed by atoms with Gasteiger partial charge in [-0.15, -0.1) is 0 Å². The predicted octanol–water partition coefficient (Wildman–Crippen LogP) is 3.56. The lowest BCUT2D eigenvalue weighted by Gasteiger charge is -2.24.